The van der Waals surface area contributed by atoms with Gasteiger partial charge in [-0.25, -0.2) is 8.42 Å². The third-order valence-electron chi connectivity index (χ3n) is 7.90. The Kier molecular flexibility index (Phi) is 7.88. The molecule has 3 aliphatic rings. The zero-order chi connectivity index (χ0) is 29.5. The number of fused-ring (bicyclic) bond motifs is 2. The second-order valence-corrected chi connectivity index (χ2v) is 15.7. The maximum Gasteiger partial charge on any atom is 0.320 e. The highest BCUT2D eigenvalue weighted by atomic mass is 32.2. The van der Waals surface area contributed by atoms with Gasteiger partial charge < -0.3 is 9.29 Å². The first-order valence-electron chi connectivity index (χ1n) is 13.5. The van der Waals surface area contributed by atoms with E-state index in [2.05, 4.69) is 103 Å². The van der Waals surface area contributed by atoms with Crippen molar-refractivity contribution < 1.29 is 35.1 Å². The number of rotatable bonds is 6. The van der Waals surface area contributed by atoms with Crippen LogP contribution in [0.15, 0.2) is 118 Å². The quantitative estimate of drug-likeness (QED) is 0.133. The van der Waals surface area contributed by atoms with Crippen molar-refractivity contribution in [3.8, 4) is 0 Å². The molecule has 0 amide bonds. The van der Waals surface area contributed by atoms with Gasteiger partial charge in [-0.3, -0.25) is 8.98 Å². The SMILES string of the molecule is O=C(CS(=O)(=O)[O-])OC1C2CC3C1OS(=O)(=O)C3C2.c1ccc([S+](c2ccccc2)c2cccc3ccccc23)cc1. The summed E-state index contributed by atoms with van der Waals surface area (Å²) in [5, 5.41) is 2.10. The largest absolute Gasteiger partial charge is 0.748 e. The van der Waals surface area contributed by atoms with Gasteiger partial charge in [-0.05, 0) is 54.6 Å². The maximum atomic E-state index is 11.6. The van der Waals surface area contributed by atoms with E-state index in [0.717, 1.165) is 0 Å². The van der Waals surface area contributed by atoms with E-state index in [4.69, 9.17) is 8.92 Å². The van der Waals surface area contributed by atoms with Gasteiger partial charge in [-0.15, -0.1) is 0 Å². The molecule has 5 atom stereocenters. The fourth-order valence-electron chi connectivity index (χ4n) is 6.25. The van der Waals surface area contributed by atoms with Gasteiger partial charge in [0.25, 0.3) is 10.1 Å². The Morgan fingerprint density at radius 1 is 0.857 bits per heavy atom. The molecule has 1 heterocycles. The first-order chi connectivity index (χ1) is 20.1. The van der Waals surface area contributed by atoms with Gasteiger partial charge in [0.1, 0.15) is 28.1 Å². The Labute approximate surface area is 247 Å². The Morgan fingerprint density at radius 3 is 2.10 bits per heavy atom. The number of carbonyl (C=O) groups excluding carboxylic acids is 1. The van der Waals surface area contributed by atoms with Gasteiger partial charge in [0.2, 0.25) is 0 Å². The molecule has 2 saturated carbocycles. The van der Waals surface area contributed by atoms with E-state index in [1.165, 1.54) is 25.5 Å². The van der Waals surface area contributed by atoms with Crippen molar-refractivity contribution in [3.05, 3.63) is 103 Å². The molecular weight excluding hydrogens is 597 g/mol. The molecule has 1 aliphatic heterocycles. The second kappa shape index (κ2) is 11.5. The average molecular weight is 625 g/mol. The normalized spacial score (nSPS) is 25.2. The Bertz CT molecular complexity index is 1770. The highest BCUT2D eigenvalue weighted by molar-refractivity contribution is 7.97. The van der Waals surface area contributed by atoms with E-state index in [9.17, 15) is 26.2 Å². The van der Waals surface area contributed by atoms with Crippen LogP contribution in [0.1, 0.15) is 12.8 Å². The van der Waals surface area contributed by atoms with Crippen molar-refractivity contribution >= 4 is 47.9 Å². The molecular formula is C31H28O8S3. The fourth-order valence-corrected chi connectivity index (χ4v) is 10.7. The molecule has 1 saturated heterocycles. The zero-order valence-corrected chi connectivity index (χ0v) is 24.8. The van der Waals surface area contributed by atoms with Crippen LogP contribution in [0.5, 0.6) is 0 Å². The van der Waals surface area contributed by atoms with Gasteiger partial charge in [-0.1, -0.05) is 66.7 Å². The minimum Gasteiger partial charge on any atom is -0.748 e. The first kappa shape index (κ1) is 28.9. The van der Waals surface area contributed by atoms with E-state index in [0.29, 0.717) is 12.8 Å². The minimum atomic E-state index is -4.70. The molecule has 0 radical (unpaired) electrons. The van der Waals surface area contributed by atoms with Crippen molar-refractivity contribution in [3.63, 3.8) is 0 Å². The summed E-state index contributed by atoms with van der Waals surface area (Å²) in [7, 11) is -8.39. The summed E-state index contributed by atoms with van der Waals surface area (Å²) in [6.07, 6.45) is -0.567. The summed E-state index contributed by atoms with van der Waals surface area (Å²) >= 11 is 0. The maximum absolute atomic E-state index is 11.6. The van der Waals surface area contributed by atoms with E-state index in [1.54, 1.807) is 0 Å². The molecule has 8 nitrogen and oxygen atoms in total. The van der Waals surface area contributed by atoms with Gasteiger partial charge in [0.05, 0.1) is 16.1 Å². The molecule has 218 valence electrons. The first-order valence-corrected chi connectivity index (χ1v) is 17.8. The predicted molar refractivity (Wildman–Crippen MR) is 157 cm³/mol. The van der Waals surface area contributed by atoms with Crippen LogP contribution in [0.25, 0.3) is 10.8 Å². The van der Waals surface area contributed by atoms with Crippen molar-refractivity contribution in [2.75, 3.05) is 5.75 Å². The summed E-state index contributed by atoms with van der Waals surface area (Å²) in [6, 6.07) is 36.9. The monoisotopic (exact) mass is 624 g/mol. The lowest BCUT2D eigenvalue weighted by Crippen LogP contribution is -2.38. The van der Waals surface area contributed by atoms with Gasteiger partial charge in [-0.2, -0.15) is 8.42 Å². The zero-order valence-electron chi connectivity index (χ0n) is 22.3. The highest BCUT2D eigenvalue weighted by Crippen LogP contribution is 2.55. The predicted octanol–water partition coefficient (Wildman–Crippen LogP) is 4.52. The van der Waals surface area contributed by atoms with Crippen LogP contribution >= 0.6 is 0 Å². The van der Waals surface area contributed by atoms with Crippen molar-refractivity contribution in [1.82, 2.24) is 0 Å². The van der Waals surface area contributed by atoms with Crippen LogP contribution in [0.4, 0.5) is 0 Å². The van der Waals surface area contributed by atoms with Crippen LogP contribution in [-0.4, -0.2) is 50.6 Å². The molecule has 4 aromatic rings. The number of carbonyl (C=O) groups is 1. The Balaban J connectivity index is 0.000000153. The van der Waals surface area contributed by atoms with E-state index in [-0.39, 0.29) is 22.7 Å². The van der Waals surface area contributed by atoms with E-state index >= 15 is 0 Å². The van der Waals surface area contributed by atoms with Gasteiger partial charge >= 0.3 is 5.97 Å². The molecule has 0 N–H and O–H groups in total. The van der Waals surface area contributed by atoms with Crippen LogP contribution in [0.3, 0.4) is 0 Å². The number of ether oxygens (including phenoxy) is 1. The summed E-state index contributed by atoms with van der Waals surface area (Å²) in [6.45, 7) is 0. The third-order valence-corrected chi connectivity index (χ3v) is 12.5. The molecule has 0 aromatic heterocycles. The minimum absolute atomic E-state index is 0.0892. The Morgan fingerprint density at radius 2 is 1.45 bits per heavy atom. The van der Waals surface area contributed by atoms with Crippen molar-refractivity contribution in [2.24, 2.45) is 11.8 Å². The van der Waals surface area contributed by atoms with Crippen LogP contribution in [0, 0.1) is 11.8 Å². The average Bonchev–Trinajstić information content (AvgIpc) is 3.59. The molecule has 3 fully saturated rings. The molecule has 7 rings (SSSR count). The second-order valence-electron chi connectivity index (χ2n) is 10.6. The Hall–Kier alpha value is -3.22. The number of benzene rings is 4. The summed E-state index contributed by atoms with van der Waals surface area (Å²) in [5.41, 5.74) is 0. The molecule has 11 heteroatoms. The standard InChI is InChI=1S/C22H17S.C9H12O8S2/c1-3-12-19(13-4-1)23(20-14-5-2-6-15-20)22-17-9-11-18-10-7-8-16-21(18)22;10-7(3-18(11,12)13)16-8-4-1-5-6(2-4)19(14,15)17-9(5)8/h1-17H;4-6,8-9H,1-3H2,(H,11,12,13)/q+1;/p-1. The van der Waals surface area contributed by atoms with Crippen LogP contribution in [0.2, 0.25) is 0 Å². The van der Waals surface area contributed by atoms with Gasteiger partial charge in [0, 0.05) is 17.2 Å². The number of hydrogen-bond acceptors (Lipinski definition) is 8. The topological polar surface area (TPSA) is 127 Å². The lowest BCUT2D eigenvalue weighted by atomic mass is 9.94. The summed E-state index contributed by atoms with van der Waals surface area (Å²) in [5.74, 6) is -2.74. The van der Waals surface area contributed by atoms with Crippen LogP contribution in [-0.2, 0) is 44.8 Å². The van der Waals surface area contributed by atoms with Crippen molar-refractivity contribution in [2.45, 2.75) is 45.0 Å². The molecule has 2 aliphatic carbocycles. The molecule has 2 bridgehead atoms. The van der Waals surface area contributed by atoms with E-state index in [1.807, 2.05) is 0 Å². The molecule has 42 heavy (non-hydrogen) atoms. The highest BCUT2D eigenvalue weighted by Gasteiger charge is 2.65. The smallest absolute Gasteiger partial charge is 0.320 e. The summed E-state index contributed by atoms with van der Waals surface area (Å²) < 4.78 is 64.5. The molecule has 5 unspecified atom stereocenters. The summed E-state index contributed by atoms with van der Waals surface area (Å²) in [4.78, 5) is 15.4. The van der Waals surface area contributed by atoms with Crippen LogP contribution < -0.4 is 0 Å². The third kappa shape index (κ3) is 5.84. The van der Waals surface area contributed by atoms with E-state index < -0.39 is 49.4 Å². The molecule has 0 spiro atoms. The lowest BCUT2D eigenvalue weighted by molar-refractivity contribution is -0.152. The van der Waals surface area contributed by atoms with Crippen molar-refractivity contribution in [1.29, 1.82) is 0 Å². The lowest BCUT2D eigenvalue weighted by Gasteiger charge is -2.25. The fraction of sp³-hybridized carbons (Fsp3) is 0.258. The number of esters is 1. The van der Waals surface area contributed by atoms with Gasteiger partial charge in [0.15, 0.2) is 14.7 Å². The molecule has 4 aromatic carbocycles. The number of hydrogen-bond donors (Lipinski definition) is 0.